The fraction of sp³-hybridized carbons (Fsp3) is 1.00. The van der Waals surface area contributed by atoms with Crippen LogP contribution >= 0.6 is 0 Å². The third-order valence-corrected chi connectivity index (χ3v) is 3.35. The van der Waals surface area contributed by atoms with E-state index < -0.39 is 10.0 Å². The zero-order valence-corrected chi connectivity index (χ0v) is 5.53. The van der Waals surface area contributed by atoms with E-state index in [2.05, 4.69) is 4.72 Å². The first kappa shape index (κ1) is 6.04. The second-order valence-electron chi connectivity index (χ2n) is 1.92. The van der Waals surface area contributed by atoms with Crippen molar-refractivity contribution in [1.82, 2.24) is 4.72 Å². The Morgan fingerprint density at radius 3 is 2.38 bits per heavy atom. The Hall–Kier alpha value is -0.0900. The predicted molar refractivity (Wildman–Crippen MR) is 31.0 cm³/mol. The standard InChI is InChI=1S/C4H9NO2S/c1-2-4-3-5-8(4,6)7/h4-5H,2-3H2,1H3. The van der Waals surface area contributed by atoms with Gasteiger partial charge < -0.3 is 0 Å². The highest BCUT2D eigenvalue weighted by Crippen LogP contribution is 2.10. The fourth-order valence-corrected chi connectivity index (χ4v) is 1.81. The Morgan fingerprint density at radius 2 is 2.38 bits per heavy atom. The molecule has 1 saturated heterocycles. The summed E-state index contributed by atoms with van der Waals surface area (Å²) in [5.41, 5.74) is 0. The number of hydrogen-bond donors (Lipinski definition) is 1. The molecular weight excluding hydrogens is 126 g/mol. The molecule has 1 N–H and O–H groups in total. The van der Waals surface area contributed by atoms with Crippen LogP contribution in [-0.4, -0.2) is 20.2 Å². The van der Waals surface area contributed by atoms with Crippen LogP contribution in [0.5, 0.6) is 0 Å². The summed E-state index contributed by atoms with van der Waals surface area (Å²) in [6, 6.07) is 0. The van der Waals surface area contributed by atoms with E-state index in [1.54, 1.807) is 0 Å². The molecule has 4 heteroatoms. The molecule has 1 aliphatic heterocycles. The maximum Gasteiger partial charge on any atom is 0.215 e. The molecule has 8 heavy (non-hydrogen) atoms. The van der Waals surface area contributed by atoms with Crippen LogP contribution in [0.2, 0.25) is 0 Å². The molecule has 1 atom stereocenters. The summed E-state index contributed by atoms with van der Waals surface area (Å²) in [7, 11) is -2.82. The topological polar surface area (TPSA) is 46.2 Å². The summed E-state index contributed by atoms with van der Waals surface area (Å²) in [6.45, 7) is 2.52. The van der Waals surface area contributed by atoms with E-state index in [1.807, 2.05) is 6.92 Å². The van der Waals surface area contributed by atoms with Crippen LogP contribution in [-0.2, 0) is 10.0 Å². The van der Waals surface area contributed by atoms with Crippen LogP contribution in [0.4, 0.5) is 0 Å². The zero-order valence-electron chi connectivity index (χ0n) is 4.72. The summed E-state index contributed by atoms with van der Waals surface area (Å²) in [5, 5.41) is -0.109. The molecule has 0 aromatic heterocycles. The molecule has 1 aliphatic rings. The van der Waals surface area contributed by atoms with Crippen LogP contribution in [0.15, 0.2) is 0 Å². The smallest absolute Gasteiger partial charge is 0.214 e. The second kappa shape index (κ2) is 1.70. The van der Waals surface area contributed by atoms with E-state index in [1.165, 1.54) is 0 Å². The normalized spacial score (nSPS) is 33.9. The Balaban J connectivity index is 2.64. The third-order valence-electron chi connectivity index (χ3n) is 1.41. The van der Waals surface area contributed by atoms with Crippen molar-refractivity contribution in [3.8, 4) is 0 Å². The Morgan fingerprint density at radius 1 is 1.75 bits per heavy atom. The molecule has 1 heterocycles. The Labute approximate surface area is 49.1 Å². The van der Waals surface area contributed by atoms with Crippen molar-refractivity contribution in [2.45, 2.75) is 18.6 Å². The van der Waals surface area contributed by atoms with Gasteiger partial charge in [-0.25, -0.2) is 13.1 Å². The summed E-state index contributed by atoms with van der Waals surface area (Å²) in [6.07, 6.45) is 0.731. The highest BCUT2D eigenvalue weighted by atomic mass is 32.2. The zero-order chi connectivity index (χ0) is 6.20. The lowest BCUT2D eigenvalue weighted by molar-refractivity contribution is 0.525. The van der Waals surface area contributed by atoms with Gasteiger partial charge in [0.1, 0.15) is 0 Å². The van der Waals surface area contributed by atoms with Crippen LogP contribution in [0, 0.1) is 0 Å². The van der Waals surface area contributed by atoms with Crippen LogP contribution in [0.1, 0.15) is 13.3 Å². The lowest BCUT2D eigenvalue weighted by Crippen LogP contribution is -2.51. The molecule has 48 valence electrons. The van der Waals surface area contributed by atoms with Gasteiger partial charge in [-0.3, -0.25) is 0 Å². The van der Waals surface area contributed by atoms with E-state index >= 15 is 0 Å². The first-order valence-electron chi connectivity index (χ1n) is 2.65. The van der Waals surface area contributed by atoms with Gasteiger partial charge in [-0.1, -0.05) is 6.92 Å². The molecule has 3 nitrogen and oxygen atoms in total. The second-order valence-corrected chi connectivity index (χ2v) is 3.97. The van der Waals surface area contributed by atoms with Gasteiger partial charge in [0.15, 0.2) is 0 Å². The average molecular weight is 135 g/mol. The molecule has 0 aromatic rings. The number of sulfonamides is 1. The highest BCUT2D eigenvalue weighted by Gasteiger charge is 2.32. The minimum atomic E-state index is -2.82. The summed E-state index contributed by atoms with van der Waals surface area (Å²) in [4.78, 5) is 0. The molecule has 0 saturated carbocycles. The first-order valence-corrected chi connectivity index (χ1v) is 4.20. The molecule has 0 radical (unpaired) electrons. The van der Waals surface area contributed by atoms with Gasteiger partial charge in [0.25, 0.3) is 0 Å². The van der Waals surface area contributed by atoms with Crippen molar-refractivity contribution < 1.29 is 8.42 Å². The fourth-order valence-electron chi connectivity index (χ4n) is 0.701. The average Bonchev–Trinajstić information content (AvgIpc) is 1.66. The lowest BCUT2D eigenvalue weighted by atomic mass is 10.3. The molecule has 1 unspecified atom stereocenters. The van der Waals surface area contributed by atoms with Gasteiger partial charge in [0.05, 0.1) is 5.25 Å². The van der Waals surface area contributed by atoms with Gasteiger partial charge in [-0.15, -0.1) is 0 Å². The molecule has 0 aliphatic carbocycles. The van der Waals surface area contributed by atoms with E-state index in [0.29, 0.717) is 6.54 Å². The first-order chi connectivity index (χ1) is 3.67. The van der Waals surface area contributed by atoms with Gasteiger partial charge >= 0.3 is 0 Å². The van der Waals surface area contributed by atoms with Crippen LogP contribution in [0.25, 0.3) is 0 Å². The van der Waals surface area contributed by atoms with Gasteiger partial charge in [-0.2, -0.15) is 0 Å². The largest absolute Gasteiger partial charge is 0.215 e. The SMILES string of the molecule is CCC1CNS1(=O)=O. The summed E-state index contributed by atoms with van der Waals surface area (Å²) < 4.78 is 23.4. The van der Waals surface area contributed by atoms with Crippen LogP contribution < -0.4 is 4.72 Å². The lowest BCUT2D eigenvalue weighted by Gasteiger charge is -2.25. The molecule has 0 spiro atoms. The van der Waals surface area contributed by atoms with Crippen molar-refractivity contribution >= 4 is 10.0 Å². The van der Waals surface area contributed by atoms with Crippen LogP contribution in [0.3, 0.4) is 0 Å². The molecule has 0 aromatic carbocycles. The highest BCUT2D eigenvalue weighted by molar-refractivity contribution is 7.91. The van der Waals surface area contributed by atoms with Crippen molar-refractivity contribution in [2.24, 2.45) is 0 Å². The number of rotatable bonds is 1. The molecular formula is C4H9NO2S. The monoisotopic (exact) mass is 135 g/mol. The molecule has 1 rings (SSSR count). The minimum Gasteiger partial charge on any atom is -0.214 e. The van der Waals surface area contributed by atoms with Gasteiger partial charge in [-0.05, 0) is 6.42 Å². The van der Waals surface area contributed by atoms with E-state index in [9.17, 15) is 8.42 Å². The van der Waals surface area contributed by atoms with Gasteiger partial charge in [0, 0.05) is 6.54 Å². The van der Waals surface area contributed by atoms with Crippen molar-refractivity contribution in [3.63, 3.8) is 0 Å². The molecule has 0 bridgehead atoms. The predicted octanol–water partition coefficient (Wildman–Crippen LogP) is -0.302. The Kier molecular flexibility index (Phi) is 1.28. The number of nitrogens with one attached hydrogen (secondary N) is 1. The minimum absolute atomic E-state index is 0.109. The number of hydrogen-bond acceptors (Lipinski definition) is 2. The van der Waals surface area contributed by atoms with E-state index in [4.69, 9.17) is 0 Å². The third kappa shape index (κ3) is 0.736. The summed E-state index contributed by atoms with van der Waals surface area (Å²) >= 11 is 0. The quantitative estimate of drug-likeness (QED) is 0.536. The Bertz CT molecular complexity index is 170. The van der Waals surface area contributed by atoms with E-state index in [0.717, 1.165) is 6.42 Å². The van der Waals surface area contributed by atoms with Gasteiger partial charge in [0.2, 0.25) is 10.0 Å². The molecule has 1 fully saturated rings. The van der Waals surface area contributed by atoms with Crippen molar-refractivity contribution in [1.29, 1.82) is 0 Å². The van der Waals surface area contributed by atoms with Crippen molar-refractivity contribution in [3.05, 3.63) is 0 Å². The van der Waals surface area contributed by atoms with Crippen molar-refractivity contribution in [2.75, 3.05) is 6.54 Å². The molecule has 0 amide bonds. The maximum absolute atomic E-state index is 10.5. The van der Waals surface area contributed by atoms with E-state index in [-0.39, 0.29) is 5.25 Å². The maximum atomic E-state index is 10.5. The summed E-state index contributed by atoms with van der Waals surface area (Å²) in [5.74, 6) is 0.